The van der Waals surface area contributed by atoms with Crippen LogP contribution >= 0.6 is 11.8 Å². The van der Waals surface area contributed by atoms with Gasteiger partial charge in [-0.1, -0.05) is 0 Å². The molecule has 8 nitrogen and oxygen atoms in total. The van der Waals surface area contributed by atoms with Crippen molar-refractivity contribution in [3.8, 4) is 0 Å². The zero-order chi connectivity index (χ0) is 18.1. The fourth-order valence-electron chi connectivity index (χ4n) is 1.56. The highest BCUT2D eigenvalue weighted by atomic mass is 32.2. The first-order valence-electron chi connectivity index (χ1n) is 7.08. The van der Waals surface area contributed by atoms with E-state index in [0.29, 0.717) is 12.1 Å². The first kappa shape index (κ1) is 19.6. The van der Waals surface area contributed by atoms with Crippen molar-refractivity contribution in [2.24, 2.45) is 5.92 Å². The van der Waals surface area contributed by atoms with E-state index in [4.69, 9.17) is 10.2 Å². The number of carbonyl (C=O) groups is 4. The summed E-state index contributed by atoms with van der Waals surface area (Å²) in [5, 5.41) is 19.4. The first-order valence-corrected chi connectivity index (χ1v) is 8.13. The van der Waals surface area contributed by atoms with Crippen molar-refractivity contribution in [1.82, 2.24) is 10.3 Å². The van der Waals surface area contributed by atoms with Crippen LogP contribution < -0.4 is 5.32 Å². The Morgan fingerprint density at radius 2 is 1.83 bits per heavy atom. The molecule has 0 spiro atoms. The van der Waals surface area contributed by atoms with Crippen LogP contribution in [0.3, 0.4) is 0 Å². The molecular formula is C15H18N2O6S. The van der Waals surface area contributed by atoms with Gasteiger partial charge in [-0.3, -0.25) is 24.2 Å². The van der Waals surface area contributed by atoms with Crippen LogP contribution in [-0.2, 0) is 14.4 Å². The number of hydrogen-bond acceptors (Lipinski definition) is 6. The maximum absolute atomic E-state index is 12.2. The Labute approximate surface area is 142 Å². The van der Waals surface area contributed by atoms with Crippen LogP contribution in [0.25, 0.3) is 0 Å². The fraction of sp³-hybridized carbons (Fsp3) is 0.400. The maximum Gasteiger partial charge on any atom is 0.316 e. The molecule has 2 unspecified atom stereocenters. The summed E-state index contributed by atoms with van der Waals surface area (Å²) in [4.78, 5) is 47.0. The lowest BCUT2D eigenvalue weighted by Gasteiger charge is -2.15. The van der Waals surface area contributed by atoms with E-state index in [0.717, 1.165) is 11.8 Å². The molecule has 24 heavy (non-hydrogen) atoms. The van der Waals surface area contributed by atoms with E-state index < -0.39 is 23.1 Å². The van der Waals surface area contributed by atoms with Gasteiger partial charge in [0.25, 0.3) is 0 Å². The third kappa shape index (κ3) is 7.73. The molecule has 1 aliphatic rings. The number of pyridine rings is 1. The molecule has 1 aromatic rings. The smallest absolute Gasteiger partial charge is 0.316 e. The third-order valence-corrected chi connectivity index (χ3v) is 4.27. The average Bonchev–Trinajstić information content (AvgIpc) is 3.33. The van der Waals surface area contributed by atoms with Crippen molar-refractivity contribution in [2.45, 2.75) is 18.6 Å². The fourth-order valence-corrected chi connectivity index (χ4v) is 2.49. The number of carbonyl (C=O) groups excluding carboxylic acids is 2. The number of nitrogens with zero attached hydrogens (tertiary/aromatic N) is 1. The minimum atomic E-state index is -1.08. The summed E-state index contributed by atoms with van der Waals surface area (Å²) in [7, 11) is 0. The van der Waals surface area contributed by atoms with Crippen molar-refractivity contribution >= 4 is 35.4 Å². The normalized spacial score (nSPS) is 14.5. The van der Waals surface area contributed by atoms with E-state index in [1.165, 1.54) is 31.5 Å². The van der Waals surface area contributed by atoms with Crippen molar-refractivity contribution < 1.29 is 29.4 Å². The molecule has 0 aromatic carbocycles. The summed E-state index contributed by atoms with van der Waals surface area (Å²) in [6, 6.07) is 3.03. The first-order chi connectivity index (χ1) is 11.3. The largest absolute Gasteiger partial charge is 0.481 e. The summed E-state index contributed by atoms with van der Waals surface area (Å²) in [6.07, 6.45) is 2.59. The van der Waals surface area contributed by atoms with Crippen LogP contribution in [0, 0.1) is 5.92 Å². The molecule has 1 fully saturated rings. The van der Waals surface area contributed by atoms with Crippen LogP contribution in [0.4, 0.5) is 0 Å². The van der Waals surface area contributed by atoms with Gasteiger partial charge >= 0.3 is 11.9 Å². The van der Waals surface area contributed by atoms with E-state index in [9.17, 15) is 19.2 Å². The Morgan fingerprint density at radius 1 is 1.29 bits per heavy atom. The number of aliphatic carboxylic acids is 2. The average molecular weight is 354 g/mol. The number of ketones is 1. The number of aromatic nitrogens is 1. The van der Waals surface area contributed by atoms with Crippen molar-refractivity contribution in [3.05, 3.63) is 30.1 Å². The maximum atomic E-state index is 12.2. The summed E-state index contributed by atoms with van der Waals surface area (Å²) in [6.45, 7) is 2.10. The predicted molar refractivity (Wildman–Crippen MR) is 86.9 cm³/mol. The molecule has 1 aromatic heterocycles. The van der Waals surface area contributed by atoms with E-state index in [2.05, 4.69) is 10.3 Å². The molecule has 2 heterocycles. The number of hydrogen-bond donors (Lipinski definition) is 3. The molecular weight excluding hydrogens is 336 g/mol. The summed E-state index contributed by atoms with van der Waals surface area (Å²) >= 11 is 1.06. The van der Waals surface area contributed by atoms with Gasteiger partial charge in [-0.25, -0.2) is 0 Å². The molecule has 2 atom stereocenters. The minimum absolute atomic E-state index is 0.154. The van der Waals surface area contributed by atoms with Crippen molar-refractivity contribution in [1.29, 1.82) is 0 Å². The number of rotatable bonds is 8. The van der Waals surface area contributed by atoms with Gasteiger partial charge in [0.2, 0.25) is 5.91 Å². The van der Waals surface area contributed by atoms with E-state index in [1.54, 1.807) is 0 Å². The van der Waals surface area contributed by atoms with Gasteiger partial charge in [-0.2, -0.15) is 0 Å². The Kier molecular flexibility index (Phi) is 7.90. The number of nitrogens with one attached hydrogen (secondary N) is 1. The Hall–Kier alpha value is -2.42. The summed E-state index contributed by atoms with van der Waals surface area (Å²) in [5.74, 6) is -2.80. The second-order valence-electron chi connectivity index (χ2n) is 4.99. The topological polar surface area (TPSA) is 144 Å². The molecule has 2 rings (SSSR count). The second kappa shape index (κ2) is 9.66. The number of Topliss-reactive ketones (excluding diaryl/α,β-unsaturated/α-hetero) is 1. The monoisotopic (exact) mass is 354 g/mol. The molecule has 1 amide bonds. The van der Waals surface area contributed by atoms with Crippen LogP contribution in [0.1, 0.15) is 23.7 Å². The predicted octanol–water partition coefficient (Wildman–Crippen LogP) is 0.678. The summed E-state index contributed by atoms with van der Waals surface area (Å²) in [5.41, 5.74) is 0.384. The van der Waals surface area contributed by atoms with Crippen LogP contribution in [0.2, 0.25) is 0 Å². The number of thioether (sulfide) groups is 1. The van der Waals surface area contributed by atoms with Gasteiger partial charge in [-0.05, 0) is 19.1 Å². The van der Waals surface area contributed by atoms with Gasteiger partial charge in [0.05, 0.1) is 18.2 Å². The lowest BCUT2D eigenvalue weighted by molar-refractivity contribution is -0.138. The van der Waals surface area contributed by atoms with E-state index in [-0.39, 0.29) is 23.9 Å². The van der Waals surface area contributed by atoms with Gasteiger partial charge in [0, 0.05) is 29.6 Å². The van der Waals surface area contributed by atoms with Crippen LogP contribution in [0.15, 0.2) is 24.5 Å². The van der Waals surface area contributed by atoms with Crippen molar-refractivity contribution in [2.75, 3.05) is 12.3 Å². The lowest BCUT2D eigenvalue weighted by atomic mass is 9.97. The van der Waals surface area contributed by atoms with E-state index in [1.807, 2.05) is 0 Å². The highest BCUT2D eigenvalue weighted by Crippen LogP contribution is 2.21. The highest BCUT2D eigenvalue weighted by Gasteiger charge is 2.25. The molecule has 0 saturated carbocycles. The Morgan fingerprint density at radius 3 is 2.25 bits per heavy atom. The van der Waals surface area contributed by atoms with E-state index >= 15 is 0 Å². The van der Waals surface area contributed by atoms with Gasteiger partial charge in [0.15, 0.2) is 5.78 Å². The highest BCUT2D eigenvalue weighted by molar-refractivity contribution is 8.00. The standard InChI is InChI=1S/C13H15NO5S.C2H3NO/c1-8(13(18)19)20-7-10(6-11(15)16)12(17)9-2-4-14-5-3-9;4-2-1-3-2/h2-5,8,10H,6-7H2,1H3,(H,15,16)(H,18,19);1H2,(H,3,4). The SMILES string of the molecule is CC(SCC(CC(=O)O)C(=O)c1ccncc1)C(=O)O.O=C1CN1. The molecule has 0 aliphatic carbocycles. The number of carboxylic acid groups (broad SMARTS) is 2. The Bertz CT molecular complexity index is 601. The molecule has 0 radical (unpaired) electrons. The molecule has 3 N–H and O–H groups in total. The lowest BCUT2D eigenvalue weighted by Crippen LogP contribution is -2.23. The van der Waals surface area contributed by atoms with Gasteiger partial charge in [0.1, 0.15) is 0 Å². The van der Waals surface area contributed by atoms with Crippen LogP contribution in [-0.4, -0.2) is 56.4 Å². The minimum Gasteiger partial charge on any atom is -0.481 e. The third-order valence-electron chi connectivity index (χ3n) is 2.97. The van der Waals surface area contributed by atoms with Gasteiger partial charge in [-0.15, -0.1) is 11.8 Å². The van der Waals surface area contributed by atoms with Crippen molar-refractivity contribution in [3.63, 3.8) is 0 Å². The summed E-state index contributed by atoms with van der Waals surface area (Å²) < 4.78 is 0. The number of carboxylic acids is 2. The molecule has 9 heteroatoms. The van der Waals surface area contributed by atoms with Crippen LogP contribution in [0.5, 0.6) is 0 Å². The molecule has 1 saturated heterocycles. The molecule has 130 valence electrons. The molecule has 0 bridgehead atoms. The second-order valence-corrected chi connectivity index (χ2v) is 6.36. The Balaban J connectivity index is 0.000000624. The van der Waals surface area contributed by atoms with Gasteiger partial charge < -0.3 is 15.5 Å². The number of amides is 1. The quantitative estimate of drug-likeness (QED) is 0.456. The zero-order valence-corrected chi connectivity index (χ0v) is 13.8. The molecule has 1 aliphatic heterocycles. The zero-order valence-electron chi connectivity index (χ0n) is 13.0.